The number of benzene rings is 2. The van der Waals surface area contributed by atoms with Gasteiger partial charge in [-0.05, 0) is 35.9 Å². The highest BCUT2D eigenvalue weighted by Crippen LogP contribution is 2.26. The summed E-state index contributed by atoms with van der Waals surface area (Å²) in [6.07, 6.45) is 0. The van der Waals surface area contributed by atoms with Crippen molar-refractivity contribution in [3.05, 3.63) is 58.6 Å². The Morgan fingerprint density at radius 1 is 1.20 bits per heavy atom. The summed E-state index contributed by atoms with van der Waals surface area (Å²) in [7, 11) is -3.58. The second-order valence-corrected chi connectivity index (χ2v) is 6.63. The number of halogens is 1. The van der Waals surface area contributed by atoms with Crippen LogP contribution in [0.4, 0.5) is 5.69 Å². The number of anilines is 1. The predicted molar refractivity (Wildman–Crippen MR) is 77.9 cm³/mol. The van der Waals surface area contributed by atoms with Gasteiger partial charge in [-0.15, -0.1) is 0 Å². The van der Waals surface area contributed by atoms with Crippen LogP contribution in [-0.2, 0) is 15.6 Å². The molecule has 0 unspecified atom stereocenters. The molecule has 6 heteroatoms. The number of nitrogens with two attached hydrogens (primary N) is 1. The molecule has 0 aliphatic heterocycles. The first-order chi connectivity index (χ1) is 9.42. The van der Waals surface area contributed by atoms with Gasteiger partial charge in [-0.2, -0.15) is 5.26 Å². The maximum atomic E-state index is 12.3. The van der Waals surface area contributed by atoms with Gasteiger partial charge in [-0.25, -0.2) is 8.42 Å². The molecule has 0 heterocycles. The fourth-order valence-electron chi connectivity index (χ4n) is 1.80. The van der Waals surface area contributed by atoms with Crippen LogP contribution in [0.25, 0.3) is 0 Å². The predicted octanol–water partition coefficient (Wildman–Crippen LogP) is 2.77. The Hall–Kier alpha value is -2.03. The lowest BCUT2D eigenvalue weighted by molar-refractivity contribution is 0.595. The summed E-state index contributed by atoms with van der Waals surface area (Å²) in [6, 6.07) is 12.7. The van der Waals surface area contributed by atoms with Crippen molar-refractivity contribution < 1.29 is 8.42 Å². The van der Waals surface area contributed by atoms with Gasteiger partial charge in [0.25, 0.3) is 0 Å². The SMILES string of the molecule is N#Cc1cccc(CS(=O)(=O)c2ccc(N)cc2Cl)c1. The van der Waals surface area contributed by atoms with Gasteiger partial charge in [0.1, 0.15) is 0 Å². The first-order valence-corrected chi connectivity index (χ1v) is 7.72. The van der Waals surface area contributed by atoms with Crippen molar-refractivity contribution in [2.75, 3.05) is 5.73 Å². The van der Waals surface area contributed by atoms with Crippen LogP contribution in [0.15, 0.2) is 47.4 Å². The fourth-order valence-corrected chi connectivity index (χ4v) is 3.74. The Morgan fingerprint density at radius 2 is 1.95 bits per heavy atom. The van der Waals surface area contributed by atoms with E-state index in [0.29, 0.717) is 16.8 Å². The Balaban J connectivity index is 2.38. The van der Waals surface area contributed by atoms with Gasteiger partial charge in [-0.1, -0.05) is 23.7 Å². The highest BCUT2D eigenvalue weighted by atomic mass is 35.5. The molecule has 0 fully saturated rings. The van der Waals surface area contributed by atoms with Crippen LogP contribution < -0.4 is 5.73 Å². The van der Waals surface area contributed by atoms with Crippen LogP contribution >= 0.6 is 11.6 Å². The van der Waals surface area contributed by atoms with Crippen molar-refractivity contribution >= 4 is 27.1 Å². The molecule has 2 aromatic carbocycles. The Kier molecular flexibility index (Phi) is 3.98. The van der Waals surface area contributed by atoms with Gasteiger partial charge in [-0.3, -0.25) is 0 Å². The summed E-state index contributed by atoms with van der Waals surface area (Å²) in [4.78, 5) is 0.0377. The Morgan fingerprint density at radius 3 is 2.60 bits per heavy atom. The fraction of sp³-hybridized carbons (Fsp3) is 0.0714. The van der Waals surface area contributed by atoms with Gasteiger partial charge in [0.2, 0.25) is 0 Å². The van der Waals surface area contributed by atoms with E-state index in [4.69, 9.17) is 22.6 Å². The molecule has 0 radical (unpaired) electrons. The summed E-state index contributed by atoms with van der Waals surface area (Å²) in [6.45, 7) is 0. The second-order valence-electron chi connectivity index (χ2n) is 4.26. The van der Waals surface area contributed by atoms with Gasteiger partial charge in [0, 0.05) is 5.69 Å². The third-order valence-corrected chi connectivity index (χ3v) is 4.87. The first-order valence-electron chi connectivity index (χ1n) is 5.69. The summed E-state index contributed by atoms with van der Waals surface area (Å²) < 4.78 is 24.7. The lowest BCUT2D eigenvalue weighted by Crippen LogP contribution is -2.06. The minimum Gasteiger partial charge on any atom is -0.399 e. The molecule has 0 aromatic heterocycles. The average Bonchev–Trinajstić information content (AvgIpc) is 2.37. The molecule has 0 amide bonds. The lowest BCUT2D eigenvalue weighted by Gasteiger charge is -2.07. The Bertz CT molecular complexity index is 795. The van der Waals surface area contributed by atoms with Crippen molar-refractivity contribution in [1.29, 1.82) is 5.26 Å². The minimum absolute atomic E-state index is 0.0377. The van der Waals surface area contributed by atoms with E-state index in [1.807, 2.05) is 6.07 Å². The van der Waals surface area contributed by atoms with Gasteiger partial charge in [0.05, 0.1) is 27.3 Å². The molecule has 0 atom stereocenters. The first kappa shape index (κ1) is 14.4. The standard InChI is InChI=1S/C14H11ClN2O2S/c15-13-7-12(17)4-5-14(13)20(18,19)9-11-3-1-2-10(6-11)8-16/h1-7H,9,17H2. The average molecular weight is 307 g/mol. The maximum absolute atomic E-state index is 12.3. The normalized spacial score (nSPS) is 11.0. The number of hydrogen-bond acceptors (Lipinski definition) is 4. The van der Waals surface area contributed by atoms with Crippen molar-refractivity contribution in [3.63, 3.8) is 0 Å². The lowest BCUT2D eigenvalue weighted by atomic mass is 10.2. The molecule has 2 rings (SSSR count). The van der Waals surface area contributed by atoms with Crippen molar-refractivity contribution in [2.45, 2.75) is 10.6 Å². The highest BCUT2D eigenvalue weighted by Gasteiger charge is 2.19. The van der Waals surface area contributed by atoms with E-state index in [0.717, 1.165) is 0 Å². The van der Waals surface area contributed by atoms with Crippen LogP contribution in [0.5, 0.6) is 0 Å². The molecule has 20 heavy (non-hydrogen) atoms. The van der Waals surface area contributed by atoms with Gasteiger partial charge in [0.15, 0.2) is 9.84 Å². The van der Waals surface area contributed by atoms with E-state index < -0.39 is 9.84 Å². The summed E-state index contributed by atoms with van der Waals surface area (Å²) >= 11 is 5.93. The molecule has 102 valence electrons. The molecular weight excluding hydrogens is 296 g/mol. The molecule has 0 bridgehead atoms. The van der Waals surface area contributed by atoms with E-state index in [1.165, 1.54) is 18.2 Å². The molecule has 0 aliphatic rings. The van der Waals surface area contributed by atoms with E-state index in [9.17, 15) is 8.42 Å². The number of rotatable bonds is 3. The number of nitriles is 1. The maximum Gasteiger partial charge on any atom is 0.183 e. The summed E-state index contributed by atoms with van der Waals surface area (Å²) in [5.41, 5.74) is 6.91. The molecule has 0 spiro atoms. The smallest absolute Gasteiger partial charge is 0.183 e. The van der Waals surface area contributed by atoms with Crippen LogP contribution in [0, 0.1) is 11.3 Å². The van der Waals surface area contributed by atoms with Gasteiger partial charge >= 0.3 is 0 Å². The van der Waals surface area contributed by atoms with E-state index in [2.05, 4.69) is 0 Å². The zero-order valence-corrected chi connectivity index (χ0v) is 11.9. The highest BCUT2D eigenvalue weighted by molar-refractivity contribution is 7.90. The topological polar surface area (TPSA) is 84.0 Å². The molecule has 0 aliphatic carbocycles. The van der Waals surface area contributed by atoms with E-state index in [1.54, 1.807) is 24.3 Å². The second kappa shape index (κ2) is 5.53. The summed E-state index contributed by atoms with van der Waals surface area (Å²) in [5, 5.41) is 8.92. The van der Waals surface area contributed by atoms with Crippen molar-refractivity contribution in [3.8, 4) is 6.07 Å². The van der Waals surface area contributed by atoms with Crippen LogP contribution in [-0.4, -0.2) is 8.42 Å². The summed E-state index contributed by atoms with van der Waals surface area (Å²) in [5.74, 6) is -0.216. The molecule has 0 saturated heterocycles. The quantitative estimate of drug-likeness (QED) is 0.884. The molecule has 4 nitrogen and oxygen atoms in total. The molecule has 2 aromatic rings. The van der Waals surface area contributed by atoms with E-state index >= 15 is 0 Å². The van der Waals surface area contributed by atoms with Crippen LogP contribution in [0.3, 0.4) is 0 Å². The van der Waals surface area contributed by atoms with E-state index in [-0.39, 0.29) is 15.7 Å². The molecule has 0 saturated carbocycles. The molecular formula is C14H11ClN2O2S. The zero-order valence-electron chi connectivity index (χ0n) is 10.4. The largest absolute Gasteiger partial charge is 0.399 e. The molecule has 2 N–H and O–H groups in total. The third kappa shape index (κ3) is 3.10. The van der Waals surface area contributed by atoms with Crippen LogP contribution in [0.2, 0.25) is 5.02 Å². The van der Waals surface area contributed by atoms with Crippen LogP contribution in [0.1, 0.15) is 11.1 Å². The monoisotopic (exact) mass is 306 g/mol. The minimum atomic E-state index is -3.58. The number of nitrogens with zero attached hydrogens (tertiary/aromatic N) is 1. The number of sulfone groups is 1. The number of hydrogen-bond donors (Lipinski definition) is 1. The number of nitrogen functional groups attached to an aromatic ring is 1. The van der Waals surface area contributed by atoms with Gasteiger partial charge < -0.3 is 5.73 Å². The zero-order chi connectivity index (χ0) is 14.8. The van der Waals surface area contributed by atoms with Crippen molar-refractivity contribution in [2.24, 2.45) is 0 Å². The van der Waals surface area contributed by atoms with Crippen molar-refractivity contribution in [1.82, 2.24) is 0 Å². The Labute approximate surface area is 122 Å². The third-order valence-electron chi connectivity index (χ3n) is 2.70.